The van der Waals surface area contributed by atoms with E-state index in [1.807, 2.05) is 37.6 Å². The molecule has 17 heavy (non-hydrogen) atoms. The van der Waals surface area contributed by atoms with Gasteiger partial charge >= 0.3 is 0 Å². The molecule has 0 aliphatic rings. The number of pyridine rings is 1. The molecule has 2 aromatic heterocycles. The fourth-order valence-corrected chi connectivity index (χ4v) is 1.79. The molecule has 90 valence electrons. The maximum atomic E-state index is 5.78. The summed E-state index contributed by atoms with van der Waals surface area (Å²) >= 11 is 0. The number of imidazole rings is 1. The minimum Gasteiger partial charge on any atom is -0.323 e. The molecule has 0 fully saturated rings. The van der Waals surface area contributed by atoms with Crippen LogP contribution in [0, 0.1) is 0 Å². The van der Waals surface area contributed by atoms with E-state index in [9.17, 15) is 0 Å². The van der Waals surface area contributed by atoms with E-state index in [0.717, 1.165) is 30.0 Å². The normalized spacial score (nSPS) is 12.6. The van der Waals surface area contributed by atoms with Gasteiger partial charge in [-0.1, -0.05) is 6.92 Å². The third kappa shape index (κ3) is 2.53. The molecule has 0 bridgehead atoms. The van der Waals surface area contributed by atoms with Crippen molar-refractivity contribution in [1.82, 2.24) is 14.5 Å². The third-order valence-corrected chi connectivity index (χ3v) is 2.71. The molecule has 2 heterocycles. The summed E-state index contributed by atoms with van der Waals surface area (Å²) in [5, 5.41) is 0. The molecule has 1 atom stereocenters. The fraction of sp³-hybridized carbons (Fsp3) is 0.385. The average Bonchev–Trinajstić information content (AvgIpc) is 2.78. The third-order valence-electron chi connectivity index (χ3n) is 2.71. The molecule has 2 aromatic rings. The van der Waals surface area contributed by atoms with Crippen molar-refractivity contribution in [3.8, 4) is 5.69 Å². The molecule has 4 nitrogen and oxygen atoms in total. The van der Waals surface area contributed by atoms with Crippen molar-refractivity contribution in [2.45, 2.75) is 32.7 Å². The number of rotatable bonds is 4. The van der Waals surface area contributed by atoms with Crippen molar-refractivity contribution < 1.29 is 0 Å². The Kier molecular flexibility index (Phi) is 3.54. The monoisotopic (exact) mass is 230 g/mol. The minimum absolute atomic E-state index is 0.0260. The summed E-state index contributed by atoms with van der Waals surface area (Å²) < 4.78 is 2.07. The second kappa shape index (κ2) is 5.10. The summed E-state index contributed by atoms with van der Waals surface area (Å²) in [4.78, 5) is 8.71. The molecule has 0 aliphatic heterocycles. The molecule has 0 saturated heterocycles. The van der Waals surface area contributed by atoms with Gasteiger partial charge in [0.15, 0.2) is 0 Å². The van der Waals surface area contributed by atoms with Crippen molar-refractivity contribution in [3.05, 3.63) is 42.2 Å². The first kappa shape index (κ1) is 11.8. The Hall–Kier alpha value is -1.68. The molecule has 0 spiro atoms. The van der Waals surface area contributed by atoms with Crippen LogP contribution in [0.2, 0.25) is 0 Å². The summed E-state index contributed by atoms with van der Waals surface area (Å²) in [5.41, 5.74) is 7.72. The molecule has 0 saturated carbocycles. The predicted octanol–water partition coefficient (Wildman–Crippen LogP) is 2.24. The van der Waals surface area contributed by atoms with Crippen LogP contribution in [0.1, 0.15) is 37.8 Å². The number of aromatic nitrogens is 3. The second-order valence-electron chi connectivity index (χ2n) is 4.19. The summed E-state index contributed by atoms with van der Waals surface area (Å²) in [7, 11) is 0. The second-order valence-corrected chi connectivity index (χ2v) is 4.19. The van der Waals surface area contributed by atoms with Crippen molar-refractivity contribution in [1.29, 1.82) is 0 Å². The zero-order valence-electron chi connectivity index (χ0n) is 10.3. The van der Waals surface area contributed by atoms with Gasteiger partial charge in [0.1, 0.15) is 5.82 Å². The van der Waals surface area contributed by atoms with E-state index in [1.54, 1.807) is 0 Å². The van der Waals surface area contributed by atoms with Crippen LogP contribution in [-0.2, 0) is 6.42 Å². The quantitative estimate of drug-likeness (QED) is 0.876. The van der Waals surface area contributed by atoms with Crippen LogP contribution in [0.4, 0.5) is 0 Å². The smallest absolute Gasteiger partial charge is 0.113 e. The highest BCUT2D eigenvalue weighted by molar-refractivity contribution is 5.31. The number of nitrogens with zero attached hydrogens (tertiary/aromatic N) is 3. The maximum Gasteiger partial charge on any atom is 0.113 e. The SMILES string of the molecule is CCCc1nccn1-c1ccc([C@H](C)N)nc1. The minimum atomic E-state index is -0.0260. The van der Waals surface area contributed by atoms with Crippen molar-refractivity contribution in [3.63, 3.8) is 0 Å². The molecular weight excluding hydrogens is 212 g/mol. The van der Waals surface area contributed by atoms with Gasteiger partial charge in [-0.2, -0.15) is 0 Å². The lowest BCUT2D eigenvalue weighted by atomic mass is 10.2. The number of hydrogen-bond acceptors (Lipinski definition) is 3. The zero-order chi connectivity index (χ0) is 12.3. The molecule has 0 aromatic carbocycles. The van der Waals surface area contributed by atoms with Gasteiger partial charge in [-0.15, -0.1) is 0 Å². The van der Waals surface area contributed by atoms with Crippen molar-refractivity contribution >= 4 is 0 Å². The van der Waals surface area contributed by atoms with Gasteiger partial charge in [-0.3, -0.25) is 4.98 Å². The van der Waals surface area contributed by atoms with Gasteiger partial charge in [0.2, 0.25) is 0 Å². The van der Waals surface area contributed by atoms with Crippen LogP contribution < -0.4 is 5.73 Å². The predicted molar refractivity (Wildman–Crippen MR) is 68.0 cm³/mol. The summed E-state index contributed by atoms with van der Waals surface area (Å²) in [6.07, 6.45) is 7.70. The van der Waals surface area contributed by atoms with Crippen LogP contribution in [-0.4, -0.2) is 14.5 Å². The molecule has 0 radical (unpaired) electrons. The lowest BCUT2D eigenvalue weighted by Crippen LogP contribution is -2.08. The maximum absolute atomic E-state index is 5.78. The summed E-state index contributed by atoms with van der Waals surface area (Å²) in [5.74, 6) is 1.07. The molecule has 0 aliphatic carbocycles. The largest absolute Gasteiger partial charge is 0.323 e. The fourth-order valence-electron chi connectivity index (χ4n) is 1.79. The molecule has 0 unspecified atom stereocenters. The van der Waals surface area contributed by atoms with E-state index in [1.165, 1.54) is 0 Å². The van der Waals surface area contributed by atoms with Gasteiger partial charge in [0, 0.05) is 24.9 Å². The first-order chi connectivity index (χ1) is 8.22. The number of aryl methyl sites for hydroxylation is 1. The average molecular weight is 230 g/mol. The van der Waals surface area contributed by atoms with Gasteiger partial charge in [0.05, 0.1) is 17.6 Å². The van der Waals surface area contributed by atoms with E-state index in [0.29, 0.717) is 0 Å². The van der Waals surface area contributed by atoms with Crippen LogP contribution in [0.25, 0.3) is 5.69 Å². The molecule has 0 amide bonds. The van der Waals surface area contributed by atoms with Crippen LogP contribution in [0.15, 0.2) is 30.7 Å². The zero-order valence-corrected chi connectivity index (χ0v) is 10.3. The van der Waals surface area contributed by atoms with E-state index >= 15 is 0 Å². The Morgan fingerprint density at radius 1 is 1.35 bits per heavy atom. The molecular formula is C13H18N4. The highest BCUT2D eigenvalue weighted by Crippen LogP contribution is 2.13. The Balaban J connectivity index is 2.30. The van der Waals surface area contributed by atoms with Gasteiger partial charge in [-0.05, 0) is 25.5 Å². The summed E-state index contributed by atoms with van der Waals surface area (Å²) in [6.45, 7) is 4.08. The Morgan fingerprint density at radius 3 is 2.76 bits per heavy atom. The van der Waals surface area contributed by atoms with Crippen molar-refractivity contribution in [2.75, 3.05) is 0 Å². The molecule has 4 heteroatoms. The topological polar surface area (TPSA) is 56.7 Å². The molecule has 2 rings (SSSR count). The van der Waals surface area contributed by atoms with E-state index in [2.05, 4.69) is 21.5 Å². The Bertz CT molecular complexity index is 470. The van der Waals surface area contributed by atoms with Gasteiger partial charge in [-0.25, -0.2) is 4.98 Å². The highest BCUT2D eigenvalue weighted by atomic mass is 15.1. The van der Waals surface area contributed by atoms with E-state index in [-0.39, 0.29) is 6.04 Å². The highest BCUT2D eigenvalue weighted by Gasteiger charge is 2.05. The van der Waals surface area contributed by atoms with Gasteiger partial charge in [0.25, 0.3) is 0 Å². The standard InChI is InChI=1S/C13H18N4/c1-3-4-13-15-7-8-17(13)11-5-6-12(10(2)14)16-9-11/h5-10H,3-4,14H2,1-2H3/t10-/m0/s1. The van der Waals surface area contributed by atoms with Crippen LogP contribution in [0.3, 0.4) is 0 Å². The Labute approximate surface area is 102 Å². The lowest BCUT2D eigenvalue weighted by molar-refractivity contribution is 0.773. The lowest BCUT2D eigenvalue weighted by Gasteiger charge is -2.09. The van der Waals surface area contributed by atoms with Crippen LogP contribution >= 0.6 is 0 Å². The number of hydrogen-bond donors (Lipinski definition) is 1. The van der Waals surface area contributed by atoms with Crippen LogP contribution in [0.5, 0.6) is 0 Å². The first-order valence-electron chi connectivity index (χ1n) is 5.96. The van der Waals surface area contributed by atoms with Crippen molar-refractivity contribution in [2.24, 2.45) is 5.73 Å². The number of nitrogens with two attached hydrogens (primary N) is 1. The van der Waals surface area contributed by atoms with E-state index in [4.69, 9.17) is 5.73 Å². The van der Waals surface area contributed by atoms with E-state index < -0.39 is 0 Å². The first-order valence-corrected chi connectivity index (χ1v) is 5.96. The summed E-state index contributed by atoms with van der Waals surface area (Å²) in [6, 6.07) is 3.98. The van der Waals surface area contributed by atoms with Gasteiger partial charge < -0.3 is 10.3 Å². The molecule has 2 N–H and O–H groups in total. The Morgan fingerprint density at radius 2 is 2.18 bits per heavy atom.